The highest BCUT2D eigenvalue weighted by Crippen LogP contribution is 2.66. The second-order valence-electron chi connectivity index (χ2n) is 2.24. The Morgan fingerprint density at radius 2 is 1.91 bits per heavy atom. The fourth-order valence-electron chi connectivity index (χ4n) is 1.07. The molecule has 0 aliphatic carbocycles. The molecule has 2 bridgehead atoms. The molecule has 1 aromatic carbocycles. The molecule has 2 aliphatic rings. The van der Waals surface area contributed by atoms with E-state index in [9.17, 15) is 5.11 Å². The summed E-state index contributed by atoms with van der Waals surface area (Å²) in [7, 11) is -1.27. The molecule has 0 saturated carbocycles. The molecule has 2 aliphatic heterocycles. The first-order valence-electron chi connectivity index (χ1n) is 3.04. The lowest BCUT2D eigenvalue weighted by Crippen LogP contribution is -1.91. The molecule has 0 spiro atoms. The zero-order chi connectivity index (χ0) is 7.42. The largest absolute Gasteiger partial charge is 0.530 e. The van der Waals surface area contributed by atoms with Crippen LogP contribution in [0.4, 0.5) is 0 Å². The first kappa shape index (κ1) is 5.49. The van der Waals surface area contributed by atoms with Crippen molar-refractivity contribution in [1.82, 2.24) is 0 Å². The van der Waals surface area contributed by atoms with Gasteiger partial charge in [0, 0.05) is 0 Å². The van der Waals surface area contributed by atoms with Gasteiger partial charge in [-0.1, -0.05) is 0 Å². The molecule has 5 heteroatoms. The van der Waals surface area contributed by atoms with Crippen molar-refractivity contribution in [3.05, 3.63) is 12.1 Å². The van der Waals surface area contributed by atoms with Gasteiger partial charge in [0.1, 0.15) is 0 Å². The Morgan fingerprint density at radius 1 is 1.09 bits per heavy atom. The molecular formula is C6H3O4P. The van der Waals surface area contributed by atoms with Gasteiger partial charge in [0.2, 0.25) is 11.5 Å². The SMILES string of the molecule is Oc1ccc2c3c1OP(O2)O3. The van der Waals surface area contributed by atoms with Crippen molar-refractivity contribution < 1.29 is 18.7 Å². The average molecular weight is 170 g/mol. The molecule has 0 saturated heterocycles. The summed E-state index contributed by atoms with van der Waals surface area (Å²) in [6, 6.07) is 3.19. The van der Waals surface area contributed by atoms with E-state index >= 15 is 0 Å². The van der Waals surface area contributed by atoms with Gasteiger partial charge in [-0.3, -0.25) is 0 Å². The molecule has 11 heavy (non-hydrogen) atoms. The van der Waals surface area contributed by atoms with Gasteiger partial charge >= 0.3 is 8.60 Å². The van der Waals surface area contributed by atoms with Gasteiger partial charge in [-0.05, 0) is 12.1 Å². The van der Waals surface area contributed by atoms with Crippen LogP contribution in [-0.4, -0.2) is 5.11 Å². The van der Waals surface area contributed by atoms with Crippen molar-refractivity contribution in [3.8, 4) is 23.0 Å². The standard InChI is InChI=1S/C6H3O4P/c7-3-1-2-4-6-5(3)9-11(8-4)10-6/h1-2,7H. The Morgan fingerprint density at radius 3 is 2.64 bits per heavy atom. The van der Waals surface area contributed by atoms with Crippen LogP contribution in [0.2, 0.25) is 0 Å². The van der Waals surface area contributed by atoms with E-state index in [1.165, 1.54) is 6.07 Å². The first-order chi connectivity index (χ1) is 5.34. The van der Waals surface area contributed by atoms with Crippen molar-refractivity contribution in [1.29, 1.82) is 0 Å². The number of rotatable bonds is 0. The van der Waals surface area contributed by atoms with Crippen LogP contribution in [0.5, 0.6) is 23.0 Å². The van der Waals surface area contributed by atoms with Gasteiger partial charge in [0.05, 0.1) is 0 Å². The third-order valence-corrected chi connectivity index (χ3v) is 2.57. The number of benzene rings is 1. The predicted molar refractivity (Wildman–Crippen MR) is 36.9 cm³/mol. The molecular weight excluding hydrogens is 167 g/mol. The number of fused-ring (bicyclic) bond motifs is 1. The maximum Gasteiger partial charge on any atom is 0.530 e. The fourth-order valence-corrected chi connectivity index (χ4v) is 2.13. The zero-order valence-corrected chi connectivity index (χ0v) is 6.17. The Labute approximate surface area is 63.3 Å². The highest BCUT2D eigenvalue weighted by molar-refractivity contribution is 7.44. The monoisotopic (exact) mass is 170 g/mol. The Balaban J connectivity index is 2.38. The van der Waals surface area contributed by atoms with Crippen LogP contribution in [0.25, 0.3) is 0 Å². The van der Waals surface area contributed by atoms with Crippen LogP contribution in [0, 0.1) is 0 Å². The van der Waals surface area contributed by atoms with E-state index in [1.54, 1.807) is 6.07 Å². The molecule has 0 aromatic heterocycles. The maximum atomic E-state index is 9.23. The molecule has 1 N–H and O–H groups in total. The number of phenolic OH excluding ortho intramolecular Hbond substituents is 1. The van der Waals surface area contributed by atoms with E-state index in [1.807, 2.05) is 0 Å². The van der Waals surface area contributed by atoms with E-state index < -0.39 is 8.60 Å². The van der Waals surface area contributed by atoms with Crippen LogP contribution in [-0.2, 0) is 0 Å². The van der Waals surface area contributed by atoms with Gasteiger partial charge in [-0.15, -0.1) is 0 Å². The summed E-state index contributed by atoms with van der Waals surface area (Å²) in [6.07, 6.45) is 0. The minimum Gasteiger partial charge on any atom is -0.504 e. The van der Waals surface area contributed by atoms with E-state index in [-0.39, 0.29) is 5.75 Å². The number of aromatic hydroxyl groups is 1. The molecule has 0 radical (unpaired) electrons. The minimum absolute atomic E-state index is 0.108. The van der Waals surface area contributed by atoms with Crippen molar-refractivity contribution in [3.63, 3.8) is 0 Å². The predicted octanol–water partition coefficient (Wildman–Crippen LogP) is 1.78. The fraction of sp³-hybridized carbons (Fsp3) is 0. The first-order valence-corrected chi connectivity index (χ1v) is 4.14. The van der Waals surface area contributed by atoms with Gasteiger partial charge in [0.25, 0.3) is 0 Å². The van der Waals surface area contributed by atoms with Crippen molar-refractivity contribution in [2.45, 2.75) is 0 Å². The molecule has 0 amide bonds. The summed E-state index contributed by atoms with van der Waals surface area (Å²) >= 11 is 0. The van der Waals surface area contributed by atoms with Crippen LogP contribution in [0.1, 0.15) is 0 Å². The van der Waals surface area contributed by atoms with Crippen molar-refractivity contribution >= 4 is 8.60 Å². The molecule has 1 atom stereocenters. The highest BCUT2D eigenvalue weighted by Gasteiger charge is 2.42. The van der Waals surface area contributed by atoms with E-state index in [2.05, 4.69) is 0 Å². The summed E-state index contributed by atoms with van der Waals surface area (Å²) in [4.78, 5) is 0. The van der Waals surface area contributed by atoms with Crippen molar-refractivity contribution in [2.75, 3.05) is 0 Å². The smallest absolute Gasteiger partial charge is 0.504 e. The lowest BCUT2D eigenvalue weighted by atomic mass is 10.3. The van der Waals surface area contributed by atoms with Crippen LogP contribution in [0.15, 0.2) is 12.1 Å². The third-order valence-electron chi connectivity index (χ3n) is 1.56. The topological polar surface area (TPSA) is 47.9 Å². The molecule has 56 valence electrons. The van der Waals surface area contributed by atoms with E-state index in [0.29, 0.717) is 17.2 Å². The normalized spacial score (nSPS) is 22.4. The number of hydrogen-bond acceptors (Lipinski definition) is 4. The summed E-state index contributed by atoms with van der Waals surface area (Å²) in [5.74, 6) is 1.73. The summed E-state index contributed by atoms with van der Waals surface area (Å²) < 4.78 is 15.4. The van der Waals surface area contributed by atoms with E-state index in [4.69, 9.17) is 13.6 Å². The van der Waals surface area contributed by atoms with Gasteiger partial charge in [-0.2, -0.15) is 0 Å². The maximum absolute atomic E-state index is 9.23. The van der Waals surface area contributed by atoms with Gasteiger partial charge in [-0.25, -0.2) is 0 Å². The molecule has 1 unspecified atom stereocenters. The molecule has 0 fully saturated rings. The van der Waals surface area contributed by atoms with Crippen molar-refractivity contribution in [2.24, 2.45) is 0 Å². The summed E-state index contributed by atoms with van der Waals surface area (Å²) in [5.41, 5.74) is 0. The second kappa shape index (κ2) is 1.53. The van der Waals surface area contributed by atoms with Crippen LogP contribution >= 0.6 is 8.60 Å². The summed E-state index contributed by atoms with van der Waals surface area (Å²) in [5, 5.41) is 9.23. The Hall–Kier alpha value is -1.15. The number of hydrogen-bond donors (Lipinski definition) is 1. The van der Waals surface area contributed by atoms with E-state index in [0.717, 1.165) is 0 Å². The quantitative estimate of drug-likeness (QED) is 0.603. The molecule has 2 heterocycles. The van der Waals surface area contributed by atoms with Crippen LogP contribution < -0.4 is 13.6 Å². The third kappa shape index (κ3) is 0.535. The Bertz CT molecular complexity index is 338. The molecule has 3 rings (SSSR count). The minimum atomic E-state index is -1.27. The van der Waals surface area contributed by atoms with Gasteiger partial charge < -0.3 is 18.7 Å². The second-order valence-corrected chi connectivity index (χ2v) is 3.23. The molecule has 1 aromatic rings. The Kier molecular flexibility index (Phi) is 0.767. The average Bonchev–Trinajstić information content (AvgIpc) is 2.54. The van der Waals surface area contributed by atoms with Crippen LogP contribution in [0.3, 0.4) is 0 Å². The zero-order valence-electron chi connectivity index (χ0n) is 5.27. The lowest BCUT2D eigenvalue weighted by Gasteiger charge is -2.08. The van der Waals surface area contributed by atoms with Gasteiger partial charge in [0.15, 0.2) is 11.5 Å². The lowest BCUT2D eigenvalue weighted by molar-refractivity contribution is 0.420. The highest BCUT2D eigenvalue weighted by atomic mass is 31.2. The number of phenols is 1. The summed E-state index contributed by atoms with van der Waals surface area (Å²) in [6.45, 7) is 0. The molecule has 4 nitrogen and oxygen atoms in total.